The topological polar surface area (TPSA) is 18.5 Å². The van der Waals surface area contributed by atoms with E-state index in [1.165, 1.54) is 5.56 Å². The number of nitrogens with zero attached hydrogens (tertiary/aromatic N) is 2. The van der Waals surface area contributed by atoms with Crippen LogP contribution in [0.5, 0.6) is 0 Å². The van der Waals surface area contributed by atoms with Crippen LogP contribution in [0, 0.1) is 0 Å². The number of anilines is 1. The van der Waals surface area contributed by atoms with Crippen LogP contribution in [0.4, 0.5) is 5.69 Å². The lowest BCUT2D eigenvalue weighted by molar-refractivity contribution is 0.275. The highest BCUT2D eigenvalue weighted by atomic mass is 35.5. The van der Waals surface area contributed by atoms with E-state index in [0.29, 0.717) is 6.04 Å². The van der Waals surface area contributed by atoms with Gasteiger partial charge in [0.05, 0.1) is 10.7 Å². The molecule has 1 N–H and O–H groups in total. The van der Waals surface area contributed by atoms with Crippen molar-refractivity contribution < 1.29 is 0 Å². The van der Waals surface area contributed by atoms with Gasteiger partial charge in [-0.15, -0.1) is 0 Å². The second kappa shape index (κ2) is 5.91. The standard InChI is InChI=1S/C14H22ClN3/c1-11-10-17(3)6-7-18(11)14-5-4-12(9-16-2)8-13(14)15/h4-5,8,11,16H,6-7,9-10H2,1-3H3. The van der Waals surface area contributed by atoms with E-state index < -0.39 is 0 Å². The smallest absolute Gasteiger partial charge is 0.0642 e. The number of piperazine rings is 1. The van der Waals surface area contributed by atoms with Gasteiger partial charge in [0.15, 0.2) is 0 Å². The number of likely N-dealkylation sites (N-methyl/N-ethyl adjacent to an activating group) is 1. The first kappa shape index (κ1) is 13.7. The molecular formula is C14H22ClN3. The first-order valence-corrected chi connectivity index (χ1v) is 6.88. The minimum atomic E-state index is 0.511. The maximum Gasteiger partial charge on any atom is 0.0642 e. The SMILES string of the molecule is CNCc1ccc(N2CCN(C)CC2C)c(Cl)c1. The molecule has 2 rings (SSSR count). The molecule has 1 aliphatic rings. The third kappa shape index (κ3) is 2.97. The second-order valence-corrected chi connectivity index (χ2v) is 5.53. The summed E-state index contributed by atoms with van der Waals surface area (Å²) in [4.78, 5) is 4.77. The van der Waals surface area contributed by atoms with Crippen molar-refractivity contribution in [1.82, 2.24) is 10.2 Å². The fourth-order valence-electron chi connectivity index (χ4n) is 2.60. The molecule has 0 aromatic heterocycles. The number of hydrogen-bond donors (Lipinski definition) is 1. The molecule has 100 valence electrons. The van der Waals surface area contributed by atoms with E-state index in [1.807, 2.05) is 7.05 Å². The van der Waals surface area contributed by atoms with Gasteiger partial charge < -0.3 is 15.1 Å². The van der Waals surface area contributed by atoms with E-state index in [9.17, 15) is 0 Å². The van der Waals surface area contributed by atoms with Crippen LogP contribution in [0.1, 0.15) is 12.5 Å². The van der Waals surface area contributed by atoms with Crippen LogP contribution >= 0.6 is 11.6 Å². The lowest BCUT2D eigenvalue weighted by Gasteiger charge is -2.40. The number of nitrogens with one attached hydrogen (secondary N) is 1. The fraction of sp³-hybridized carbons (Fsp3) is 0.571. The molecule has 1 saturated heterocycles. The summed E-state index contributed by atoms with van der Waals surface area (Å²) in [6, 6.07) is 6.88. The predicted molar refractivity (Wildman–Crippen MR) is 78.5 cm³/mol. The van der Waals surface area contributed by atoms with Crippen molar-refractivity contribution in [2.75, 3.05) is 38.6 Å². The monoisotopic (exact) mass is 267 g/mol. The van der Waals surface area contributed by atoms with Crippen LogP contribution in [0.2, 0.25) is 5.02 Å². The van der Waals surface area contributed by atoms with Crippen molar-refractivity contribution in [3.8, 4) is 0 Å². The summed E-state index contributed by atoms with van der Waals surface area (Å²) in [5.74, 6) is 0. The molecule has 1 aromatic carbocycles. The summed E-state index contributed by atoms with van der Waals surface area (Å²) in [7, 11) is 4.12. The zero-order valence-corrected chi connectivity index (χ0v) is 12.2. The van der Waals surface area contributed by atoms with Crippen LogP contribution in [0.25, 0.3) is 0 Å². The number of hydrogen-bond acceptors (Lipinski definition) is 3. The quantitative estimate of drug-likeness (QED) is 0.906. The highest BCUT2D eigenvalue weighted by Gasteiger charge is 2.23. The molecule has 1 heterocycles. The van der Waals surface area contributed by atoms with E-state index in [0.717, 1.165) is 36.9 Å². The molecule has 0 aliphatic carbocycles. The summed E-state index contributed by atoms with van der Waals surface area (Å²) in [5.41, 5.74) is 2.39. The Morgan fingerprint density at radius 2 is 2.17 bits per heavy atom. The van der Waals surface area contributed by atoms with Gasteiger partial charge in [-0.3, -0.25) is 0 Å². The molecule has 1 atom stereocenters. The van der Waals surface area contributed by atoms with Crippen molar-refractivity contribution in [3.63, 3.8) is 0 Å². The van der Waals surface area contributed by atoms with Gasteiger partial charge in [-0.2, -0.15) is 0 Å². The van der Waals surface area contributed by atoms with Gasteiger partial charge in [-0.05, 0) is 38.7 Å². The molecule has 3 nitrogen and oxygen atoms in total. The van der Waals surface area contributed by atoms with E-state index in [4.69, 9.17) is 11.6 Å². The molecule has 0 saturated carbocycles. The Labute approximate surface area is 115 Å². The van der Waals surface area contributed by atoms with Crippen LogP contribution in [0.15, 0.2) is 18.2 Å². The maximum atomic E-state index is 6.42. The molecular weight excluding hydrogens is 246 g/mol. The molecule has 1 unspecified atom stereocenters. The molecule has 0 radical (unpaired) electrons. The summed E-state index contributed by atoms with van der Waals surface area (Å²) >= 11 is 6.42. The maximum absolute atomic E-state index is 6.42. The molecule has 1 aliphatic heterocycles. The molecule has 0 bridgehead atoms. The minimum absolute atomic E-state index is 0.511. The third-order valence-electron chi connectivity index (χ3n) is 3.53. The van der Waals surface area contributed by atoms with Crippen LogP contribution in [-0.2, 0) is 6.54 Å². The van der Waals surface area contributed by atoms with Gasteiger partial charge in [-0.25, -0.2) is 0 Å². The van der Waals surface area contributed by atoms with Crippen molar-refractivity contribution in [2.24, 2.45) is 0 Å². The highest BCUT2D eigenvalue weighted by Crippen LogP contribution is 2.29. The van der Waals surface area contributed by atoms with Crippen molar-refractivity contribution in [2.45, 2.75) is 19.5 Å². The van der Waals surface area contributed by atoms with Gasteiger partial charge in [0.1, 0.15) is 0 Å². The molecule has 0 spiro atoms. The second-order valence-electron chi connectivity index (χ2n) is 5.12. The average molecular weight is 268 g/mol. The molecule has 1 aromatic rings. The summed E-state index contributed by atoms with van der Waals surface area (Å²) in [6.45, 7) is 6.35. The largest absolute Gasteiger partial charge is 0.365 e. The van der Waals surface area contributed by atoms with Crippen molar-refractivity contribution >= 4 is 17.3 Å². The van der Waals surface area contributed by atoms with E-state index >= 15 is 0 Å². The van der Waals surface area contributed by atoms with Gasteiger partial charge in [-0.1, -0.05) is 17.7 Å². The van der Waals surface area contributed by atoms with Crippen molar-refractivity contribution in [1.29, 1.82) is 0 Å². The molecule has 18 heavy (non-hydrogen) atoms. The Morgan fingerprint density at radius 3 is 2.78 bits per heavy atom. The van der Waals surface area contributed by atoms with Gasteiger partial charge in [0.25, 0.3) is 0 Å². The zero-order chi connectivity index (χ0) is 13.1. The summed E-state index contributed by atoms with van der Waals surface area (Å²) < 4.78 is 0. The Hall–Kier alpha value is -0.770. The molecule has 1 fully saturated rings. The van der Waals surface area contributed by atoms with Gasteiger partial charge >= 0.3 is 0 Å². The van der Waals surface area contributed by atoms with Gasteiger partial charge in [0.2, 0.25) is 0 Å². The van der Waals surface area contributed by atoms with Crippen LogP contribution in [0.3, 0.4) is 0 Å². The highest BCUT2D eigenvalue weighted by molar-refractivity contribution is 6.33. The van der Waals surface area contributed by atoms with E-state index in [-0.39, 0.29) is 0 Å². The van der Waals surface area contributed by atoms with Gasteiger partial charge in [0, 0.05) is 32.2 Å². The lowest BCUT2D eigenvalue weighted by Crippen LogP contribution is -2.50. The molecule has 4 heteroatoms. The summed E-state index contributed by atoms with van der Waals surface area (Å²) in [5, 5.41) is 4.01. The first-order chi connectivity index (χ1) is 8.61. The van der Waals surface area contributed by atoms with Crippen LogP contribution < -0.4 is 10.2 Å². The Morgan fingerprint density at radius 1 is 1.39 bits per heavy atom. The number of halogens is 1. The Balaban J connectivity index is 2.17. The minimum Gasteiger partial charge on any atom is -0.365 e. The lowest BCUT2D eigenvalue weighted by atomic mass is 10.1. The summed E-state index contributed by atoms with van der Waals surface area (Å²) in [6.07, 6.45) is 0. The number of benzene rings is 1. The predicted octanol–water partition coefficient (Wildman–Crippen LogP) is 2.20. The Kier molecular flexibility index (Phi) is 4.49. The van der Waals surface area contributed by atoms with Crippen molar-refractivity contribution in [3.05, 3.63) is 28.8 Å². The average Bonchev–Trinajstić information content (AvgIpc) is 2.31. The number of rotatable bonds is 3. The Bertz CT molecular complexity index is 408. The van der Waals surface area contributed by atoms with E-state index in [1.54, 1.807) is 0 Å². The van der Waals surface area contributed by atoms with Crippen LogP contribution in [-0.4, -0.2) is 44.7 Å². The molecule has 0 amide bonds. The normalized spacial score (nSPS) is 21.3. The van der Waals surface area contributed by atoms with E-state index in [2.05, 4.69) is 47.3 Å². The third-order valence-corrected chi connectivity index (χ3v) is 3.84. The first-order valence-electron chi connectivity index (χ1n) is 6.50. The fourth-order valence-corrected chi connectivity index (χ4v) is 2.91. The zero-order valence-electron chi connectivity index (χ0n) is 11.4.